The Morgan fingerprint density at radius 3 is 2.65 bits per heavy atom. The third-order valence-electron chi connectivity index (χ3n) is 3.31. The zero-order valence-corrected chi connectivity index (χ0v) is 11.2. The maximum absolute atomic E-state index is 12.1. The molecule has 2 N–H and O–H groups in total. The maximum atomic E-state index is 12.1. The Morgan fingerprint density at radius 1 is 1.25 bits per heavy atom. The summed E-state index contributed by atoms with van der Waals surface area (Å²) in [6.07, 6.45) is 3.41. The van der Waals surface area contributed by atoms with Gasteiger partial charge < -0.3 is 10.3 Å². The highest BCUT2D eigenvalue weighted by Crippen LogP contribution is 2.18. The number of hydrogen-bond acceptors (Lipinski definition) is 4. The van der Waals surface area contributed by atoms with Crippen molar-refractivity contribution in [2.75, 3.05) is 0 Å². The topological polar surface area (TPSA) is 78.2 Å². The fourth-order valence-corrected chi connectivity index (χ4v) is 2.35. The van der Waals surface area contributed by atoms with Crippen LogP contribution in [0.4, 0.5) is 0 Å². The lowest BCUT2D eigenvalue weighted by atomic mass is 10.2. The molecular formula is C14H15N5O. The Morgan fingerprint density at radius 2 is 2.00 bits per heavy atom. The minimum atomic E-state index is -0.162. The van der Waals surface area contributed by atoms with Crippen LogP contribution >= 0.6 is 0 Å². The van der Waals surface area contributed by atoms with Gasteiger partial charge in [-0.25, -0.2) is 0 Å². The second kappa shape index (κ2) is 4.90. The van der Waals surface area contributed by atoms with Crippen molar-refractivity contribution >= 4 is 5.65 Å². The first kappa shape index (κ1) is 12.6. The summed E-state index contributed by atoms with van der Waals surface area (Å²) in [5.41, 5.74) is 8.79. The van der Waals surface area contributed by atoms with Crippen LogP contribution < -0.4 is 11.3 Å². The van der Waals surface area contributed by atoms with Crippen LogP contribution in [0.2, 0.25) is 0 Å². The molecule has 0 aliphatic carbocycles. The molecule has 0 bridgehead atoms. The van der Waals surface area contributed by atoms with Gasteiger partial charge in [-0.05, 0) is 19.1 Å². The van der Waals surface area contributed by atoms with Gasteiger partial charge in [0.25, 0.3) is 5.56 Å². The molecule has 0 aliphatic rings. The predicted octanol–water partition coefficient (Wildman–Crippen LogP) is 1.04. The lowest BCUT2D eigenvalue weighted by Gasteiger charge is -2.10. The Bertz CT molecular complexity index is 804. The molecule has 0 aromatic carbocycles. The smallest absolute Gasteiger partial charge is 0.274 e. The van der Waals surface area contributed by atoms with Gasteiger partial charge in [0, 0.05) is 48.9 Å². The van der Waals surface area contributed by atoms with Crippen LogP contribution in [0.1, 0.15) is 12.6 Å². The summed E-state index contributed by atoms with van der Waals surface area (Å²) in [5, 5.41) is 4.38. The molecule has 102 valence electrons. The summed E-state index contributed by atoms with van der Waals surface area (Å²) in [5.74, 6) is 0. The Hall–Kier alpha value is -2.47. The second-order valence-electron chi connectivity index (χ2n) is 4.46. The first-order chi connectivity index (χ1) is 9.74. The highest BCUT2D eigenvalue weighted by molar-refractivity contribution is 5.63. The molecule has 0 amide bonds. The Labute approximate surface area is 115 Å². The van der Waals surface area contributed by atoms with Crippen LogP contribution in [-0.2, 0) is 13.1 Å². The van der Waals surface area contributed by atoms with Gasteiger partial charge >= 0.3 is 0 Å². The summed E-state index contributed by atoms with van der Waals surface area (Å²) in [6, 6.07) is 7.18. The molecule has 0 fully saturated rings. The monoisotopic (exact) mass is 269 g/mol. The van der Waals surface area contributed by atoms with Gasteiger partial charge in [0.05, 0.1) is 5.69 Å². The third-order valence-corrected chi connectivity index (χ3v) is 3.31. The minimum absolute atomic E-state index is 0.162. The van der Waals surface area contributed by atoms with E-state index in [4.69, 9.17) is 5.73 Å². The normalized spacial score (nSPS) is 11.1. The predicted molar refractivity (Wildman–Crippen MR) is 76.2 cm³/mol. The van der Waals surface area contributed by atoms with E-state index in [0.717, 1.165) is 29.1 Å². The molecule has 0 saturated carbocycles. The zero-order chi connectivity index (χ0) is 14.1. The summed E-state index contributed by atoms with van der Waals surface area (Å²) in [4.78, 5) is 16.1. The standard InChI is InChI=1S/C14H15N5O/c1-2-18-11(9-15)7-14(20)19-13(18)8-12(17-19)10-3-5-16-6-4-10/h3-8H,2,9,15H2,1H3. The summed E-state index contributed by atoms with van der Waals surface area (Å²) >= 11 is 0. The summed E-state index contributed by atoms with van der Waals surface area (Å²) in [7, 11) is 0. The van der Waals surface area contributed by atoms with Crippen molar-refractivity contribution in [3.05, 3.63) is 52.7 Å². The van der Waals surface area contributed by atoms with E-state index in [0.29, 0.717) is 6.54 Å². The van der Waals surface area contributed by atoms with E-state index in [9.17, 15) is 4.79 Å². The average Bonchev–Trinajstić information content (AvgIpc) is 2.93. The molecule has 0 radical (unpaired) electrons. The number of aryl methyl sites for hydroxylation is 1. The summed E-state index contributed by atoms with van der Waals surface area (Å²) in [6.45, 7) is 3.08. The molecule has 6 nitrogen and oxygen atoms in total. The molecule has 20 heavy (non-hydrogen) atoms. The largest absolute Gasteiger partial charge is 0.329 e. The van der Waals surface area contributed by atoms with Crippen LogP contribution in [0.15, 0.2) is 41.5 Å². The number of rotatable bonds is 3. The first-order valence-electron chi connectivity index (χ1n) is 6.47. The molecule has 0 unspecified atom stereocenters. The van der Waals surface area contributed by atoms with Gasteiger partial charge in [0.1, 0.15) is 5.65 Å². The number of fused-ring (bicyclic) bond motifs is 1. The van der Waals surface area contributed by atoms with Crippen LogP contribution in [-0.4, -0.2) is 19.2 Å². The quantitative estimate of drug-likeness (QED) is 0.770. The van der Waals surface area contributed by atoms with E-state index < -0.39 is 0 Å². The van der Waals surface area contributed by atoms with E-state index in [-0.39, 0.29) is 5.56 Å². The maximum Gasteiger partial charge on any atom is 0.274 e. The first-order valence-corrected chi connectivity index (χ1v) is 6.47. The average molecular weight is 269 g/mol. The molecular weight excluding hydrogens is 254 g/mol. The number of aromatic nitrogens is 4. The van der Waals surface area contributed by atoms with Crippen LogP contribution in [0, 0.1) is 0 Å². The number of hydrogen-bond donors (Lipinski definition) is 1. The summed E-state index contributed by atoms with van der Waals surface area (Å²) < 4.78 is 3.41. The van der Waals surface area contributed by atoms with Crippen LogP contribution in [0.3, 0.4) is 0 Å². The second-order valence-corrected chi connectivity index (χ2v) is 4.46. The number of nitrogens with zero attached hydrogens (tertiary/aromatic N) is 4. The zero-order valence-electron chi connectivity index (χ0n) is 11.2. The van der Waals surface area contributed by atoms with Crippen molar-refractivity contribution in [3.63, 3.8) is 0 Å². The van der Waals surface area contributed by atoms with Gasteiger partial charge in [-0.2, -0.15) is 9.61 Å². The van der Waals surface area contributed by atoms with Crippen LogP contribution in [0.25, 0.3) is 16.9 Å². The van der Waals surface area contributed by atoms with Gasteiger partial charge in [-0.3, -0.25) is 9.78 Å². The van der Waals surface area contributed by atoms with Crippen molar-refractivity contribution in [1.29, 1.82) is 0 Å². The van der Waals surface area contributed by atoms with Gasteiger partial charge in [0.2, 0.25) is 0 Å². The van der Waals surface area contributed by atoms with Crippen molar-refractivity contribution in [1.82, 2.24) is 19.2 Å². The van der Waals surface area contributed by atoms with E-state index in [1.165, 1.54) is 4.52 Å². The van der Waals surface area contributed by atoms with E-state index in [2.05, 4.69) is 10.1 Å². The molecule has 3 heterocycles. The fourth-order valence-electron chi connectivity index (χ4n) is 2.35. The number of nitrogens with two attached hydrogens (primary N) is 1. The van der Waals surface area contributed by atoms with Crippen LogP contribution in [0.5, 0.6) is 0 Å². The molecule has 0 saturated heterocycles. The van der Waals surface area contributed by atoms with E-state index in [1.807, 2.05) is 29.7 Å². The Balaban J connectivity index is 2.30. The lowest BCUT2D eigenvalue weighted by molar-refractivity contribution is 0.690. The van der Waals surface area contributed by atoms with E-state index in [1.54, 1.807) is 18.5 Å². The van der Waals surface area contributed by atoms with E-state index >= 15 is 0 Å². The highest BCUT2D eigenvalue weighted by Gasteiger charge is 2.11. The lowest BCUT2D eigenvalue weighted by Crippen LogP contribution is -2.22. The van der Waals surface area contributed by atoms with Crippen molar-refractivity contribution in [3.8, 4) is 11.3 Å². The molecule has 3 aromatic rings. The van der Waals surface area contributed by atoms with Gasteiger partial charge in [-0.15, -0.1) is 0 Å². The number of pyridine rings is 1. The third kappa shape index (κ3) is 1.90. The van der Waals surface area contributed by atoms with Gasteiger partial charge in [0.15, 0.2) is 0 Å². The minimum Gasteiger partial charge on any atom is -0.329 e. The highest BCUT2D eigenvalue weighted by atomic mass is 16.1. The van der Waals surface area contributed by atoms with Crippen molar-refractivity contribution < 1.29 is 0 Å². The van der Waals surface area contributed by atoms with Crippen molar-refractivity contribution in [2.24, 2.45) is 5.73 Å². The molecule has 3 aromatic heterocycles. The SMILES string of the molecule is CCn1c(CN)cc(=O)n2nc(-c3ccncc3)cc12. The molecule has 0 spiro atoms. The molecule has 6 heteroatoms. The van der Waals surface area contributed by atoms with Gasteiger partial charge in [-0.1, -0.05) is 0 Å². The molecule has 0 aliphatic heterocycles. The molecule has 3 rings (SSSR count). The molecule has 0 atom stereocenters. The van der Waals surface area contributed by atoms with Crippen molar-refractivity contribution in [2.45, 2.75) is 20.0 Å². The fraction of sp³-hybridized carbons (Fsp3) is 0.214. The Kier molecular flexibility index (Phi) is 3.08.